The van der Waals surface area contributed by atoms with E-state index in [1.807, 2.05) is 30.3 Å². The van der Waals surface area contributed by atoms with Crippen molar-refractivity contribution in [2.24, 2.45) is 0 Å². The van der Waals surface area contributed by atoms with Gasteiger partial charge in [-0.05, 0) is 24.3 Å². The fourth-order valence-electron chi connectivity index (χ4n) is 2.22. The van der Waals surface area contributed by atoms with E-state index in [1.54, 1.807) is 6.20 Å². The van der Waals surface area contributed by atoms with Crippen molar-refractivity contribution in [2.75, 3.05) is 5.88 Å². The van der Waals surface area contributed by atoms with Crippen LogP contribution in [0.1, 0.15) is 11.5 Å². The molecule has 0 radical (unpaired) electrons. The molecule has 2 heterocycles. The molecule has 0 aliphatic heterocycles. The monoisotopic (exact) mass is 306 g/mol. The molecular formula is C14H12Cl2N4. The van der Waals surface area contributed by atoms with Crippen molar-refractivity contribution in [1.29, 1.82) is 0 Å². The number of fused-ring (bicyclic) bond motifs is 1. The minimum atomic E-state index is 0.515. The lowest BCUT2D eigenvalue weighted by molar-refractivity contribution is 0.724. The van der Waals surface area contributed by atoms with Crippen molar-refractivity contribution >= 4 is 34.2 Å². The molecule has 0 fully saturated rings. The van der Waals surface area contributed by atoms with Gasteiger partial charge in [0.15, 0.2) is 0 Å². The second-order valence-corrected chi connectivity index (χ2v) is 5.16. The van der Waals surface area contributed by atoms with E-state index in [0.29, 0.717) is 23.9 Å². The Balaban J connectivity index is 2.13. The summed E-state index contributed by atoms with van der Waals surface area (Å²) in [7, 11) is 0. The molecule has 0 atom stereocenters. The number of benzene rings is 1. The fourth-order valence-corrected chi connectivity index (χ4v) is 2.66. The summed E-state index contributed by atoms with van der Waals surface area (Å²) < 4.78 is 2.06. The first-order valence-electron chi connectivity index (χ1n) is 6.26. The molecule has 20 heavy (non-hydrogen) atoms. The zero-order valence-corrected chi connectivity index (χ0v) is 12.1. The summed E-state index contributed by atoms with van der Waals surface area (Å²) >= 11 is 12.2. The van der Waals surface area contributed by atoms with E-state index < -0.39 is 0 Å². The summed E-state index contributed by atoms with van der Waals surface area (Å²) in [6.07, 6.45) is 2.34. The molecule has 0 aliphatic carbocycles. The van der Waals surface area contributed by atoms with Gasteiger partial charge in [-0.2, -0.15) is 10.2 Å². The van der Waals surface area contributed by atoms with Crippen molar-refractivity contribution in [3.05, 3.63) is 53.1 Å². The van der Waals surface area contributed by atoms with Crippen molar-refractivity contribution in [3.8, 4) is 0 Å². The van der Waals surface area contributed by atoms with Crippen LogP contribution in [-0.2, 0) is 13.0 Å². The predicted molar refractivity (Wildman–Crippen MR) is 80.3 cm³/mol. The maximum absolute atomic E-state index is 6.31. The minimum Gasteiger partial charge on any atom is -0.321 e. The van der Waals surface area contributed by atoms with E-state index in [4.69, 9.17) is 23.2 Å². The molecule has 0 aliphatic rings. The Bertz CT molecular complexity index is 725. The Hall–Kier alpha value is -1.65. The summed E-state index contributed by atoms with van der Waals surface area (Å²) in [5.41, 5.74) is 2.66. The maximum atomic E-state index is 6.31. The van der Waals surface area contributed by atoms with Gasteiger partial charge in [0.1, 0.15) is 5.82 Å². The molecule has 0 saturated heterocycles. The van der Waals surface area contributed by atoms with Crippen molar-refractivity contribution in [1.82, 2.24) is 19.7 Å². The molecule has 102 valence electrons. The quantitative estimate of drug-likeness (QED) is 0.695. The number of rotatable bonds is 4. The fraction of sp³-hybridized carbons (Fsp3) is 0.214. The Labute approximate surface area is 126 Å². The van der Waals surface area contributed by atoms with E-state index in [1.165, 1.54) is 0 Å². The van der Waals surface area contributed by atoms with Gasteiger partial charge in [0.25, 0.3) is 0 Å². The molecule has 1 aromatic carbocycles. The number of hydrogen-bond donors (Lipinski definition) is 0. The molecule has 0 amide bonds. The number of aryl methyl sites for hydroxylation is 1. The standard InChI is InChI=1S/C14H12Cl2N4/c15-7-6-13-18-12-5-1-4-11(16)14(12)20(13)9-10-3-2-8-17-19-10/h1-5,8H,6-7,9H2. The van der Waals surface area contributed by atoms with E-state index in [9.17, 15) is 0 Å². The highest BCUT2D eigenvalue weighted by molar-refractivity contribution is 6.35. The average Bonchev–Trinajstić information content (AvgIpc) is 2.80. The van der Waals surface area contributed by atoms with Crippen LogP contribution in [0.2, 0.25) is 5.02 Å². The Morgan fingerprint density at radius 2 is 2.05 bits per heavy atom. The van der Waals surface area contributed by atoms with E-state index in [2.05, 4.69) is 19.7 Å². The lowest BCUT2D eigenvalue weighted by Crippen LogP contribution is -2.07. The van der Waals surface area contributed by atoms with Crippen molar-refractivity contribution in [3.63, 3.8) is 0 Å². The second kappa shape index (κ2) is 5.77. The third-order valence-corrected chi connectivity index (χ3v) is 3.56. The van der Waals surface area contributed by atoms with E-state index >= 15 is 0 Å². The van der Waals surface area contributed by atoms with Gasteiger partial charge in [0.05, 0.1) is 28.3 Å². The molecule has 0 N–H and O–H groups in total. The highest BCUT2D eigenvalue weighted by Gasteiger charge is 2.13. The van der Waals surface area contributed by atoms with Gasteiger partial charge < -0.3 is 4.57 Å². The molecule has 0 spiro atoms. The summed E-state index contributed by atoms with van der Waals surface area (Å²) in [6, 6.07) is 9.51. The Morgan fingerprint density at radius 1 is 1.15 bits per heavy atom. The number of hydrogen-bond acceptors (Lipinski definition) is 3. The molecule has 3 rings (SSSR count). The molecule has 2 aromatic heterocycles. The molecular weight excluding hydrogens is 295 g/mol. The number of nitrogens with zero attached hydrogens (tertiary/aromatic N) is 4. The zero-order valence-electron chi connectivity index (χ0n) is 10.6. The van der Waals surface area contributed by atoms with Gasteiger partial charge >= 0.3 is 0 Å². The average molecular weight is 307 g/mol. The maximum Gasteiger partial charge on any atom is 0.111 e. The SMILES string of the molecule is ClCCc1nc2cccc(Cl)c2n1Cc1cccnn1. The lowest BCUT2D eigenvalue weighted by Gasteiger charge is -2.08. The first kappa shape index (κ1) is 13.3. The van der Waals surface area contributed by atoms with E-state index in [-0.39, 0.29) is 0 Å². The molecule has 4 nitrogen and oxygen atoms in total. The van der Waals surface area contributed by atoms with E-state index in [0.717, 1.165) is 22.6 Å². The highest BCUT2D eigenvalue weighted by atomic mass is 35.5. The van der Waals surface area contributed by atoms with Crippen LogP contribution in [-0.4, -0.2) is 25.6 Å². The van der Waals surface area contributed by atoms with Crippen molar-refractivity contribution < 1.29 is 0 Å². The highest BCUT2D eigenvalue weighted by Crippen LogP contribution is 2.25. The minimum absolute atomic E-state index is 0.515. The predicted octanol–water partition coefficient (Wildman–Crippen LogP) is 3.31. The van der Waals surface area contributed by atoms with Gasteiger partial charge in [-0.3, -0.25) is 0 Å². The number of para-hydroxylation sites is 1. The smallest absolute Gasteiger partial charge is 0.111 e. The lowest BCUT2D eigenvalue weighted by atomic mass is 10.3. The van der Waals surface area contributed by atoms with Crippen LogP contribution in [0.25, 0.3) is 11.0 Å². The number of alkyl halides is 1. The summed E-state index contributed by atoms with van der Waals surface area (Å²) in [5.74, 6) is 1.43. The molecule has 3 aromatic rings. The second-order valence-electron chi connectivity index (χ2n) is 4.38. The topological polar surface area (TPSA) is 43.6 Å². The van der Waals surface area contributed by atoms with Crippen LogP contribution in [0, 0.1) is 0 Å². The summed E-state index contributed by atoms with van der Waals surface area (Å²) in [5, 5.41) is 8.70. The first-order chi connectivity index (χ1) is 9.79. The van der Waals surface area contributed by atoms with Gasteiger partial charge in [-0.1, -0.05) is 17.7 Å². The van der Waals surface area contributed by atoms with Crippen LogP contribution in [0.3, 0.4) is 0 Å². The molecule has 6 heteroatoms. The van der Waals surface area contributed by atoms with Gasteiger partial charge in [0.2, 0.25) is 0 Å². The Kier molecular flexibility index (Phi) is 3.85. The van der Waals surface area contributed by atoms with Gasteiger partial charge in [-0.25, -0.2) is 4.98 Å². The third kappa shape index (κ3) is 2.49. The summed E-state index contributed by atoms with van der Waals surface area (Å²) in [6.45, 7) is 0.584. The normalized spacial score (nSPS) is 11.1. The third-order valence-electron chi connectivity index (χ3n) is 3.06. The van der Waals surface area contributed by atoms with Crippen LogP contribution < -0.4 is 0 Å². The van der Waals surface area contributed by atoms with Crippen LogP contribution >= 0.6 is 23.2 Å². The van der Waals surface area contributed by atoms with Gasteiger partial charge in [0, 0.05) is 18.5 Å². The zero-order chi connectivity index (χ0) is 13.9. The Morgan fingerprint density at radius 3 is 2.80 bits per heavy atom. The number of imidazole rings is 1. The number of halogens is 2. The van der Waals surface area contributed by atoms with Crippen LogP contribution in [0.15, 0.2) is 36.5 Å². The first-order valence-corrected chi connectivity index (χ1v) is 7.17. The molecule has 0 unspecified atom stereocenters. The summed E-state index contributed by atoms with van der Waals surface area (Å²) in [4.78, 5) is 4.61. The number of aromatic nitrogens is 4. The molecule has 0 saturated carbocycles. The van der Waals surface area contributed by atoms with Crippen molar-refractivity contribution in [2.45, 2.75) is 13.0 Å². The van der Waals surface area contributed by atoms with Crippen LogP contribution in [0.4, 0.5) is 0 Å². The molecule has 0 bridgehead atoms. The van der Waals surface area contributed by atoms with Crippen LogP contribution in [0.5, 0.6) is 0 Å². The largest absolute Gasteiger partial charge is 0.321 e. The van der Waals surface area contributed by atoms with Gasteiger partial charge in [-0.15, -0.1) is 11.6 Å².